The van der Waals surface area contributed by atoms with Crippen molar-refractivity contribution in [1.29, 1.82) is 0 Å². The lowest BCUT2D eigenvalue weighted by atomic mass is 9.33. The number of nitrogens with zero attached hydrogens (tertiary/aromatic N) is 2. The molecule has 4 heterocycles. The van der Waals surface area contributed by atoms with Crippen LogP contribution < -0.4 is 26.2 Å². The van der Waals surface area contributed by atoms with Crippen LogP contribution in [-0.2, 0) is 0 Å². The van der Waals surface area contributed by atoms with Crippen LogP contribution in [-0.4, -0.2) is 6.71 Å². The molecule has 8 aromatic carbocycles. The molecule has 3 nitrogen and oxygen atoms in total. The van der Waals surface area contributed by atoms with Crippen LogP contribution in [0.25, 0.3) is 44.2 Å². The first-order valence-corrected chi connectivity index (χ1v) is 19.8. The Hall–Kier alpha value is -6.43. The molecule has 0 saturated carbocycles. The van der Waals surface area contributed by atoms with Crippen molar-refractivity contribution >= 4 is 90.7 Å². The van der Waals surface area contributed by atoms with Gasteiger partial charge in [0.05, 0.1) is 11.4 Å². The highest BCUT2D eigenvalue weighted by atomic mass is 32.2. The third-order valence-corrected chi connectivity index (χ3v) is 13.0. The van der Waals surface area contributed by atoms with E-state index in [9.17, 15) is 0 Å². The molecule has 55 heavy (non-hydrogen) atoms. The number of rotatable bonds is 3. The maximum atomic E-state index is 6.27. The summed E-state index contributed by atoms with van der Waals surface area (Å²) < 4.78 is 6.27. The maximum absolute atomic E-state index is 6.27. The molecule has 0 fully saturated rings. The van der Waals surface area contributed by atoms with E-state index >= 15 is 0 Å². The number of benzene rings is 8. The minimum atomic E-state index is 0.0873. The van der Waals surface area contributed by atoms with Gasteiger partial charge in [-0.05, 0) is 130 Å². The molecular weight excluding hydrogens is 687 g/mol. The van der Waals surface area contributed by atoms with Gasteiger partial charge in [-0.3, -0.25) is 0 Å². The first-order chi connectivity index (χ1) is 27.1. The van der Waals surface area contributed by atoms with E-state index in [1.165, 1.54) is 87.6 Å². The lowest BCUT2D eigenvalue weighted by molar-refractivity contribution is 0.631. The Kier molecular flexibility index (Phi) is 6.50. The smallest absolute Gasteiger partial charge is 0.252 e. The average molecular weight is 721 g/mol. The van der Waals surface area contributed by atoms with Crippen LogP contribution >= 0.6 is 11.8 Å². The Morgan fingerprint density at radius 1 is 0.473 bits per heavy atom. The van der Waals surface area contributed by atoms with E-state index in [1.807, 2.05) is 23.9 Å². The van der Waals surface area contributed by atoms with Gasteiger partial charge in [0.25, 0.3) is 6.71 Å². The monoisotopic (exact) mass is 720 g/mol. The first kappa shape index (κ1) is 31.0. The van der Waals surface area contributed by atoms with Crippen molar-refractivity contribution in [1.82, 2.24) is 0 Å². The molecule has 0 spiro atoms. The number of furan rings is 1. The third-order valence-electron chi connectivity index (χ3n) is 11.9. The zero-order chi connectivity index (χ0) is 36.4. The van der Waals surface area contributed by atoms with Gasteiger partial charge in [-0.1, -0.05) is 109 Å². The van der Waals surface area contributed by atoms with Crippen LogP contribution in [0.2, 0.25) is 0 Å². The zero-order valence-electron chi connectivity index (χ0n) is 30.4. The van der Waals surface area contributed by atoms with E-state index in [2.05, 4.69) is 175 Å². The second-order valence-corrected chi connectivity index (χ2v) is 16.1. The molecule has 0 radical (unpaired) electrons. The highest BCUT2D eigenvalue weighted by molar-refractivity contribution is 7.99. The molecule has 0 unspecified atom stereocenters. The molecule has 5 heteroatoms. The fourth-order valence-electron chi connectivity index (χ4n) is 9.18. The van der Waals surface area contributed by atoms with Gasteiger partial charge in [0, 0.05) is 43.5 Å². The quantitative estimate of drug-likeness (QED) is 0.169. The molecule has 9 aromatic rings. The SMILES string of the molecule is Cc1cc2c(cc1C)N(c1ccc3cc(-c4cc5ccccc5o4)ccc3c1)c1cc(-c3ccccc3)cc3c1B2c1cccc2c1N3c1ccccc1S2. The summed E-state index contributed by atoms with van der Waals surface area (Å²) in [5, 5.41) is 3.49. The Balaban J connectivity index is 1.12. The van der Waals surface area contributed by atoms with Gasteiger partial charge >= 0.3 is 0 Å². The number of anilines is 6. The third kappa shape index (κ3) is 4.54. The highest BCUT2D eigenvalue weighted by Crippen LogP contribution is 2.54. The topological polar surface area (TPSA) is 19.6 Å². The number of aryl methyl sites for hydroxylation is 2. The molecule has 0 aliphatic carbocycles. The first-order valence-electron chi connectivity index (χ1n) is 18.9. The molecule has 0 amide bonds. The normalized spacial score (nSPS) is 13.5. The lowest BCUT2D eigenvalue weighted by Gasteiger charge is -2.46. The Labute approximate surface area is 324 Å². The van der Waals surface area contributed by atoms with Crippen molar-refractivity contribution in [3.8, 4) is 22.5 Å². The van der Waals surface area contributed by atoms with E-state index in [0.29, 0.717) is 0 Å². The summed E-state index contributed by atoms with van der Waals surface area (Å²) in [7, 11) is 0. The van der Waals surface area contributed by atoms with Crippen LogP contribution in [0.15, 0.2) is 178 Å². The van der Waals surface area contributed by atoms with E-state index < -0.39 is 0 Å². The summed E-state index contributed by atoms with van der Waals surface area (Å²) in [6.07, 6.45) is 0. The van der Waals surface area contributed by atoms with Gasteiger partial charge in [-0.15, -0.1) is 0 Å². The standard InChI is InChI=1S/C50H33BN2OS/c1-30-23-40-42(24-31(30)2)52(38-22-21-33-25-36(20-19-34(33)26-38)46-29-35-13-6-8-16-45(35)54-46)43-27-37(32-11-4-3-5-12-32)28-44-49(43)51(40)39-14-10-18-48-50(39)53(44)41-15-7-9-17-47(41)55-48/h3-29H,1-2H3. The fourth-order valence-corrected chi connectivity index (χ4v) is 10.3. The van der Waals surface area contributed by atoms with Gasteiger partial charge in [-0.25, -0.2) is 0 Å². The van der Waals surface area contributed by atoms with Crippen LogP contribution in [0, 0.1) is 13.8 Å². The van der Waals surface area contributed by atoms with E-state index in [1.54, 1.807) is 0 Å². The number of hydrogen-bond donors (Lipinski definition) is 0. The summed E-state index contributed by atoms with van der Waals surface area (Å²) in [6.45, 7) is 4.59. The molecule has 3 aliphatic rings. The van der Waals surface area contributed by atoms with Crippen molar-refractivity contribution in [2.24, 2.45) is 0 Å². The summed E-state index contributed by atoms with van der Waals surface area (Å²) in [5.41, 5.74) is 18.5. The fraction of sp³-hybridized carbons (Fsp3) is 0.0400. The summed E-state index contributed by atoms with van der Waals surface area (Å²) >= 11 is 1.89. The summed E-state index contributed by atoms with van der Waals surface area (Å²) in [4.78, 5) is 7.68. The molecule has 1 aromatic heterocycles. The largest absolute Gasteiger partial charge is 0.456 e. The van der Waals surface area contributed by atoms with Crippen molar-refractivity contribution in [2.45, 2.75) is 23.6 Å². The van der Waals surface area contributed by atoms with Gasteiger partial charge < -0.3 is 14.2 Å². The van der Waals surface area contributed by atoms with Crippen LogP contribution in [0.5, 0.6) is 0 Å². The number of hydrogen-bond acceptors (Lipinski definition) is 4. The van der Waals surface area contributed by atoms with Crippen molar-refractivity contribution < 1.29 is 4.42 Å². The molecule has 0 bridgehead atoms. The number of fused-ring (bicyclic) bond motifs is 8. The van der Waals surface area contributed by atoms with Gasteiger partial charge in [-0.2, -0.15) is 0 Å². The van der Waals surface area contributed by atoms with Gasteiger partial charge in [0.15, 0.2) is 0 Å². The second kappa shape index (κ2) is 11.5. The van der Waals surface area contributed by atoms with Gasteiger partial charge in [0.1, 0.15) is 11.3 Å². The Morgan fingerprint density at radius 2 is 1.22 bits per heavy atom. The second-order valence-electron chi connectivity index (χ2n) is 15.1. The van der Waals surface area contributed by atoms with Crippen LogP contribution in [0.4, 0.5) is 34.1 Å². The maximum Gasteiger partial charge on any atom is 0.252 e. The molecule has 0 N–H and O–H groups in total. The Morgan fingerprint density at radius 3 is 2.11 bits per heavy atom. The molecule has 12 rings (SSSR count). The van der Waals surface area contributed by atoms with E-state index in [-0.39, 0.29) is 6.71 Å². The average Bonchev–Trinajstić information content (AvgIpc) is 3.67. The minimum Gasteiger partial charge on any atom is -0.456 e. The minimum absolute atomic E-state index is 0.0873. The molecule has 3 aliphatic heterocycles. The predicted octanol–water partition coefficient (Wildman–Crippen LogP) is 12.1. The molecule has 0 saturated heterocycles. The van der Waals surface area contributed by atoms with Crippen molar-refractivity contribution in [3.05, 3.63) is 175 Å². The summed E-state index contributed by atoms with van der Waals surface area (Å²) in [5.74, 6) is 0.888. The van der Waals surface area contributed by atoms with Crippen molar-refractivity contribution in [3.63, 3.8) is 0 Å². The molecule has 0 atom stereocenters. The van der Waals surface area contributed by atoms with Crippen LogP contribution in [0.3, 0.4) is 0 Å². The highest BCUT2D eigenvalue weighted by Gasteiger charge is 2.45. The molecular formula is C50H33BN2OS. The number of para-hydroxylation sites is 3. The Bertz CT molecular complexity index is 3040. The van der Waals surface area contributed by atoms with Crippen molar-refractivity contribution in [2.75, 3.05) is 9.80 Å². The van der Waals surface area contributed by atoms with E-state index in [0.717, 1.165) is 28.0 Å². The predicted molar refractivity (Wildman–Crippen MR) is 232 cm³/mol. The van der Waals surface area contributed by atoms with Gasteiger partial charge in [0.2, 0.25) is 0 Å². The lowest BCUT2D eigenvalue weighted by Crippen LogP contribution is -2.61. The zero-order valence-corrected chi connectivity index (χ0v) is 31.2. The molecule has 258 valence electrons. The summed E-state index contributed by atoms with van der Waals surface area (Å²) in [6, 6.07) is 60.4. The van der Waals surface area contributed by atoms with E-state index in [4.69, 9.17) is 4.42 Å². The van der Waals surface area contributed by atoms with Crippen LogP contribution in [0.1, 0.15) is 11.1 Å².